The zero-order valence-electron chi connectivity index (χ0n) is 14.1. The molecule has 1 nitrogen and oxygen atoms in total. The van der Waals surface area contributed by atoms with Crippen molar-refractivity contribution in [1.82, 2.24) is 0 Å². The maximum Gasteiger partial charge on any atom is 0.127 e. The van der Waals surface area contributed by atoms with Crippen LogP contribution in [0.25, 0.3) is 0 Å². The fourth-order valence-corrected chi connectivity index (χ4v) is 2.70. The fourth-order valence-electron chi connectivity index (χ4n) is 2.70. The topological polar surface area (TPSA) is 9.23 Å². The lowest BCUT2D eigenvalue weighted by Crippen LogP contribution is -2.07. The van der Waals surface area contributed by atoms with Gasteiger partial charge in [0.25, 0.3) is 0 Å². The summed E-state index contributed by atoms with van der Waals surface area (Å²) in [4.78, 5) is 0. The number of ether oxygens (including phenoxy) is 1. The summed E-state index contributed by atoms with van der Waals surface area (Å²) in [6.45, 7) is 7.02. The summed E-state index contributed by atoms with van der Waals surface area (Å²) in [5, 5.41) is 0. The Hall–Kier alpha value is -1.76. The summed E-state index contributed by atoms with van der Waals surface area (Å²) >= 11 is 0. The van der Waals surface area contributed by atoms with Gasteiger partial charge in [0.15, 0.2) is 0 Å². The zero-order valence-corrected chi connectivity index (χ0v) is 14.1. The number of hydrogen-bond acceptors (Lipinski definition) is 1. The molecule has 118 valence electrons. The maximum atomic E-state index is 5.90. The second-order valence-electron chi connectivity index (χ2n) is 6.32. The Bertz CT molecular complexity index is 547. The highest BCUT2D eigenvalue weighted by molar-refractivity contribution is 5.33. The first kappa shape index (κ1) is 16.6. The molecule has 0 aromatic heterocycles. The van der Waals surface area contributed by atoms with E-state index in [1.54, 1.807) is 0 Å². The lowest BCUT2D eigenvalue weighted by Gasteiger charge is -2.18. The average Bonchev–Trinajstić information content (AvgIpc) is 2.55. The quantitative estimate of drug-likeness (QED) is 0.541. The van der Waals surface area contributed by atoms with Crippen LogP contribution in [-0.4, -0.2) is 0 Å². The van der Waals surface area contributed by atoms with Crippen molar-refractivity contribution in [2.75, 3.05) is 0 Å². The molecule has 0 aliphatic heterocycles. The van der Waals surface area contributed by atoms with E-state index < -0.39 is 0 Å². The molecule has 0 fully saturated rings. The fraction of sp³-hybridized carbons (Fsp3) is 0.429. The molecular formula is C21H28O. The minimum Gasteiger partial charge on any atom is -0.457 e. The number of hydrogen-bond donors (Lipinski definition) is 0. The first-order valence-corrected chi connectivity index (χ1v) is 8.51. The van der Waals surface area contributed by atoms with Gasteiger partial charge in [0, 0.05) is 0 Å². The second kappa shape index (κ2) is 8.63. The van der Waals surface area contributed by atoms with Crippen LogP contribution in [0.2, 0.25) is 0 Å². The molecule has 0 saturated heterocycles. The summed E-state index contributed by atoms with van der Waals surface area (Å²) < 4.78 is 5.90. The molecule has 2 rings (SSSR count). The van der Waals surface area contributed by atoms with Crippen LogP contribution in [0.1, 0.15) is 45.6 Å². The van der Waals surface area contributed by atoms with E-state index in [1.165, 1.54) is 24.8 Å². The van der Waals surface area contributed by atoms with Crippen molar-refractivity contribution in [3.05, 3.63) is 60.2 Å². The molecule has 0 aliphatic rings. The molecular weight excluding hydrogens is 268 g/mol. The van der Waals surface area contributed by atoms with E-state index in [-0.39, 0.29) is 0 Å². The van der Waals surface area contributed by atoms with Crippen molar-refractivity contribution in [1.29, 1.82) is 0 Å². The Morgan fingerprint density at radius 2 is 1.59 bits per heavy atom. The van der Waals surface area contributed by atoms with Crippen LogP contribution >= 0.6 is 0 Å². The molecule has 0 bridgehead atoms. The summed E-state index contributed by atoms with van der Waals surface area (Å²) in [5.74, 6) is 3.46. The van der Waals surface area contributed by atoms with Gasteiger partial charge in [-0.2, -0.15) is 0 Å². The summed E-state index contributed by atoms with van der Waals surface area (Å²) in [6.07, 6.45) is 4.97. The normalized spacial score (nSPS) is 13.6. The van der Waals surface area contributed by atoms with E-state index in [0.29, 0.717) is 0 Å². The first-order valence-electron chi connectivity index (χ1n) is 8.51. The van der Waals surface area contributed by atoms with E-state index >= 15 is 0 Å². The first-order chi connectivity index (χ1) is 10.7. The minimum absolute atomic E-state index is 0.814. The van der Waals surface area contributed by atoms with Crippen molar-refractivity contribution >= 4 is 0 Å². The Morgan fingerprint density at radius 1 is 0.864 bits per heavy atom. The smallest absolute Gasteiger partial charge is 0.127 e. The summed E-state index contributed by atoms with van der Waals surface area (Å²) in [6, 6.07) is 18.4. The number of benzene rings is 2. The largest absolute Gasteiger partial charge is 0.457 e. The predicted octanol–water partition coefficient (Wildman–Crippen LogP) is 6.48. The van der Waals surface area contributed by atoms with Gasteiger partial charge in [-0.3, -0.25) is 0 Å². The van der Waals surface area contributed by atoms with Crippen molar-refractivity contribution in [3.8, 4) is 11.5 Å². The van der Waals surface area contributed by atoms with Crippen molar-refractivity contribution in [2.45, 2.75) is 46.5 Å². The Kier molecular flexibility index (Phi) is 6.51. The molecule has 2 aromatic rings. The zero-order chi connectivity index (χ0) is 15.8. The summed E-state index contributed by atoms with van der Waals surface area (Å²) in [7, 11) is 0. The monoisotopic (exact) mass is 296 g/mol. The molecule has 1 heteroatoms. The number of rotatable bonds is 8. The van der Waals surface area contributed by atoms with Crippen LogP contribution in [0.5, 0.6) is 11.5 Å². The van der Waals surface area contributed by atoms with Crippen molar-refractivity contribution < 1.29 is 4.74 Å². The van der Waals surface area contributed by atoms with Gasteiger partial charge in [-0.15, -0.1) is 0 Å². The van der Waals surface area contributed by atoms with E-state index in [1.807, 2.05) is 36.4 Å². The Morgan fingerprint density at radius 3 is 2.32 bits per heavy atom. The molecule has 0 amide bonds. The molecule has 0 saturated carbocycles. The molecule has 0 spiro atoms. The molecule has 2 unspecified atom stereocenters. The lowest BCUT2D eigenvalue weighted by atomic mass is 9.88. The van der Waals surface area contributed by atoms with Crippen LogP contribution in [0.15, 0.2) is 54.6 Å². The van der Waals surface area contributed by atoms with Gasteiger partial charge < -0.3 is 4.74 Å². The highest BCUT2D eigenvalue weighted by Crippen LogP contribution is 2.24. The van der Waals surface area contributed by atoms with E-state index in [9.17, 15) is 0 Å². The minimum atomic E-state index is 0.814. The van der Waals surface area contributed by atoms with Gasteiger partial charge in [-0.25, -0.2) is 0 Å². The number of aryl methyl sites for hydroxylation is 1. The van der Waals surface area contributed by atoms with Crippen LogP contribution in [-0.2, 0) is 6.42 Å². The van der Waals surface area contributed by atoms with Crippen LogP contribution in [0.4, 0.5) is 0 Å². The molecule has 0 heterocycles. The molecule has 0 N–H and O–H groups in total. The van der Waals surface area contributed by atoms with Gasteiger partial charge in [0.1, 0.15) is 11.5 Å². The Labute approximate surface area is 135 Å². The Balaban J connectivity index is 1.86. The lowest BCUT2D eigenvalue weighted by molar-refractivity contribution is 0.347. The van der Waals surface area contributed by atoms with Gasteiger partial charge in [-0.05, 0) is 54.5 Å². The second-order valence-corrected chi connectivity index (χ2v) is 6.32. The van der Waals surface area contributed by atoms with Gasteiger partial charge in [-0.1, -0.05) is 63.9 Å². The molecule has 0 aliphatic carbocycles. The molecule has 2 aromatic carbocycles. The highest BCUT2D eigenvalue weighted by Gasteiger charge is 2.09. The average molecular weight is 296 g/mol. The number of para-hydroxylation sites is 1. The predicted molar refractivity (Wildman–Crippen MR) is 94.5 cm³/mol. The summed E-state index contributed by atoms with van der Waals surface area (Å²) in [5.41, 5.74) is 1.37. The molecule has 2 atom stereocenters. The third-order valence-corrected chi connectivity index (χ3v) is 4.62. The molecule has 0 radical (unpaired) electrons. The third-order valence-electron chi connectivity index (χ3n) is 4.62. The van der Waals surface area contributed by atoms with E-state index in [4.69, 9.17) is 4.74 Å². The third kappa shape index (κ3) is 5.22. The van der Waals surface area contributed by atoms with Crippen molar-refractivity contribution in [3.63, 3.8) is 0 Å². The van der Waals surface area contributed by atoms with E-state index in [2.05, 4.69) is 39.0 Å². The van der Waals surface area contributed by atoms with Crippen LogP contribution in [0.3, 0.4) is 0 Å². The molecule has 22 heavy (non-hydrogen) atoms. The van der Waals surface area contributed by atoms with Gasteiger partial charge in [0.2, 0.25) is 0 Å². The highest BCUT2D eigenvalue weighted by atomic mass is 16.5. The standard InChI is InChI=1S/C21H28O/c1-4-17(2)18(3)10-8-11-19-12-9-15-21(16-19)22-20-13-6-5-7-14-20/h5-7,9,12-18H,4,8,10-11H2,1-3H3. The van der Waals surface area contributed by atoms with E-state index in [0.717, 1.165) is 29.8 Å². The van der Waals surface area contributed by atoms with Gasteiger partial charge >= 0.3 is 0 Å². The SMILES string of the molecule is CCC(C)C(C)CCCc1cccc(Oc2ccccc2)c1. The van der Waals surface area contributed by atoms with Crippen LogP contribution < -0.4 is 4.74 Å². The maximum absolute atomic E-state index is 5.90. The van der Waals surface area contributed by atoms with Crippen molar-refractivity contribution in [2.24, 2.45) is 11.8 Å². The van der Waals surface area contributed by atoms with Crippen LogP contribution in [0, 0.1) is 11.8 Å². The van der Waals surface area contributed by atoms with Gasteiger partial charge in [0.05, 0.1) is 0 Å².